The van der Waals surface area contributed by atoms with Gasteiger partial charge in [0.25, 0.3) is 11.6 Å². The summed E-state index contributed by atoms with van der Waals surface area (Å²) in [6.45, 7) is 7.12. The van der Waals surface area contributed by atoms with Crippen molar-refractivity contribution in [3.8, 4) is 0 Å². The number of nitro groups is 1. The van der Waals surface area contributed by atoms with Crippen LogP contribution in [0.15, 0.2) is 18.2 Å². The van der Waals surface area contributed by atoms with Gasteiger partial charge in [-0.1, -0.05) is 20.3 Å². The number of carbonyl (C=O) groups is 2. The first kappa shape index (κ1) is 21.7. The summed E-state index contributed by atoms with van der Waals surface area (Å²) >= 11 is 0. The molecule has 0 spiro atoms. The molecule has 1 aromatic carbocycles. The molecule has 1 fully saturated rings. The summed E-state index contributed by atoms with van der Waals surface area (Å²) in [5, 5.41) is 14.3. The quantitative estimate of drug-likeness (QED) is 0.414. The minimum Gasteiger partial charge on any atom is -0.452 e. The lowest BCUT2D eigenvalue weighted by atomic mass is 9.99. The standard InChI is InChI=1S/C20H29N3O5/c1-4-6-15(3)21-19(24)13-28-20(25)16-8-9-17(18(11-16)23(26)27)22-10-5-7-14(2)12-22/h8-9,11,14-15H,4-7,10,12-13H2,1-3H3,(H,21,24)/t14-,15+/m0/s1. The fourth-order valence-corrected chi connectivity index (χ4v) is 3.51. The van der Waals surface area contributed by atoms with E-state index >= 15 is 0 Å². The van der Waals surface area contributed by atoms with Gasteiger partial charge in [0.1, 0.15) is 5.69 Å². The Morgan fingerprint density at radius 1 is 1.43 bits per heavy atom. The number of piperidine rings is 1. The van der Waals surface area contributed by atoms with Gasteiger partial charge in [-0.3, -0.25) is 14.9 Å². The molecule has 0 radical (unpaired) electrons. The van der Waals surface area contributed by atoms with Crippen molar-refractivity contribution in [3.63, 3.8) is 0 Å². The number of carbonyl (C=O) groups excluding carboxylic acids is 2. The van der Waals surface area contributed by atoms with Gasteiger partial charge >= 0.3 is 5.97 Å². The maximum atomic E-state index is 12.2. The lowest BCUT2D eigenvalue weighted by Crippen LogP contribution is -2.35. The number of nitrogens with zero attached hydrogens (tertiary/aromatic N) is 2. The molecule has 1 aliphatic rings. The van der Waals surface area contributed by atoms with Crippen LogP contribution < -0.4 is 10.2 Å². The van der Waals surface area contributed by atoms with Crippen LogP contribution in [0.1, 0.15) is 56.8 Å². The number of rotatable bonds is 8. The maximum absolute atomic E-state index is 12.2. The van der Waals surface area contributed by atoms with E-state index in [0.29, 0.717) is 11.6 Å². The van der Waals surface area contributed by atoms with Crippen LogP contribution in [0.2, 0.25) is 0 Å². The fraction of sp³-hybridized carbons (Fsp3) is 0.600. The molecule has 1 N–H and O–H groups in total. The Balaban J connectivity index is 2.05. The number of amides is 1. The molecular weight excluding hydrogens is 362 g/mol. The average Bonchev–Trinajstić information content (AvgIpc) is 2.65. The second kappa shape index (κ2) is 10.1. The molecule has 28 heavy (non-hydrogen) atoms. The van der Waals surface area contributed by atoms with Crippen LogP contribution in [0, 0.1) is 16.0 Å². The Hall–Kier alpha value is -2.64. The number of nitrogens with one attached hydrogen (secondary N) is 1. The molecule has 1 saturated heterocycles. The van der Waals surface area contributed by atoms with Crippen LogP contribution in [-0.4, -0.2) is 42.5 Å². The van der Waals surface area contributed by atoms with Crippen LogP contribution in [0.3, 0.4) is 0 Å². The highest BCUT2D eigenvalue weighted by atomic mass is 16.6. The van der Waals surface area contributed by atoms with E-state index in [1.54, 1.807) is 6.07 Å². The van der Waals surface area contributed by atoms with Gasteiger partial charge in [-0.15, -0.1) is 0 Å². The van der Waals surface area contributed by atoms with E-state index in [0.717, 1.165) is 38.8 Å². The van der Waals surface area contributed by atoms with Crippen molar-refractivity contribution < 1.29 is 19.2 Å². The molecule has 8 heteroatoms. The molecule has 0 aliphatic carbocycles. The molecule has 0 aromatic heterocycles. The summed E-state index contributed by atoms with van der Waals surface area (Å²) in [6, 6.07) is 4.34. The third-order valence-corrected chi connectivity index (χ3v) is 4.87. The van der Waals surface area contributed by atoms with E-state index < -0.39 is 17.5 Å². The summed E-state index contributed by atoms with van der Waals surface area (Å²) < 4.78 is 5.02. The van der Waals surface area contributed by atoms with Gasteiger partial charge in [0.05, 0.1) is 10.5 Å². The summed E-state index contributed by atoms with van der Waals surface area (Å²) in [5.41, 5.74) is 0.457. The minimum atomic E-state index is -0.750. The van der Waals surface area contributed by atoms with Crippen LogP contribution in [0.5, 0.6) is 0 Å². The van der Waals surface area contributed by atoms with E-state index in [-0.39, 0.29) is 23.2 Å². The van der Waals surface area contributed by atoms with E-state index in [9.17, 15) is 19.7 Å². The van der Waals surface area contributed by atoms with Crippen LogP contribution >= 0.6 is 0 Å². The van der Waals surface area contributed by atoms with E-state index in [1.807, 2.05) is 18.7 Å². The highest BCUT2D eigenvalue weighted by molar-refractivity contribution is 5.93. The zero-order valence-electron chi connectivity index (χ0n) is 16.8. The van der Waals surface area contributed by atoms with Crippen LogP contribution in [0.25, 0.3) is 0 Å². The molecule has 0 unspecified atom stereocenters. The Morgan fingerprint density at radius 3 is 2.82 bits per heavy atom. The number of benzene rings is 1. The Labute approximate surface area is 165 Å². The number of nitro benzene ring substituents is 1. The molecule has 0 saturated carbocycles. The summed E-state index contributed by atoms with van der Waals surface area (Å²) in [6.07, 6.45) is 3.86. The lowest BCUT2D eigenvalue weighted by molar-refractivity contribution is -0.384. The van der Waals surface area contributed by atoms with Crippen molar-refractivity contribution in [2.24, 2.45) is 5.92 Å². The van der Waals surface area contributed by atoms with Crippen LogP contribution in [0.4, 0.5) is 11.4 Å². The van der Waals surface area contributed by atoms with Gasteiger partial charge in [0.15, 0.2) is 6.61 Å². The van der Waals surface area contributed by atoms with Crippen molar-refractivity contribution >= 4 is 23.3 Å². The maximum Gasteiger partial charge on any atom is 0.338 e. The van der Waals surface area contributed by atoms with E-state index in [1.165, 1.54) is 12.1 Å². The predicted molar refractivity (Wildman–Crippen MR) is 107 cm³/mol. The molecule has 1 aromatic rings. The predicted octanol–water partition coefficient (Wildman–Crippen LogP) is 3.29. The monoisotopic (exact) mass is 391 g/mol. The first-order valence-electron chi connectivity index (χ1n) is 9.81. The second-order valence-corrected chi connectivity index (χ2v) is 7.49. The van der Waals surface area contributed by atoms with Gasteiger partial charge in [0.2, 0.25) is 0 Å². The smallest absolute Gasteiger partial charge is 0.338 e. The number of hydrogen-bond donors (Lipinski definition) is 1. The number of anilines is 1. The van der Waals surface area contributed by atoms with Gasteiger partial charge in [-0.05, 0) is 44.2 Å². The summed E-state index contributed by atoms with van der Waals surface area (Å²) in [4.78, 5) is 37.1. The zero-order valence-corrected chi connectivity index (χ0v) is 16.8. The number of ether oxygens (including phenoxy) is 1. The molecule has 1 aliphatic heterocycles. The SMILES string of the molecule is CCC[C@@H](C)NC(=O)COC(=O)c1ccc(N2CCC[C@H](C)C2)c([N+](=O)[O-])c1. The number of hydrogen-bond acceptors (Lipinski definition) is 6. The third kappa shape index (κ3) is 5.94. The van der Waals surface area contributed by atoms with Gasteiger partial charge in [0, 0.05) is 25.2 Å². The van der Waals surface area contributed by atoms with Gasteiger partial charge < -0.3 is 15.0 Å². The molecular formula is C20H29N3O5. The average molecular weight is 391 g/mol. The fourth-order valence-electron chi connectivity index (χ4n) is 3.51. The Bertz CT molecular complexity index is 722. The van der Waals surface area contributed by atoms with Crippen molar-refractivity contribution in [3.05, 3.63) is 33.9 Å². The third-order valence-electron chi connectivity index (χ3n) is 4.87. The van der Waals surface area contributed by atoms with Crippen molar-refractivity contribution in [2.75, 3.05) is 24.6 Å². The summed E-state index contributed by atoms with van der Waals surface area (Å²) in [7, 11) is 0. The molecule has 8 nitrogen and oxygen atoms in total. The highest BCUT2D eigenvalue weighted by Gasteiger charge is 2.25. The largest absolute Gasteiger partial charge is 0.452 e. The normalized spacial score (nSPS) is 17.7. The minimum absolute atomic E-state index is 0.00325. The molecule has 0 bridgehead atoms. The van der Waals surface area contributed by atoms with E-state index in [4.69, 9.17) is 4.74 Å². The molecule has 1 heterocycles. The Kier molecular flexibility index (Phi) is 7.78. The lowest BCUT2D eigenvalue weighted by Gasteiger charge is -2.32. The molecule has 2 atom stereocenters. The summed E-state index contributed by atoms with van der Waals surface area (Å²) in [5.74, 6) is -0.672. The topological polar surface area (TPSA) is 102 Å². The highest BCUT2D eigenvalue weighted by Crippen LogP contribution is 2.32. The van der Waals surface area contributed by atoms with Crippen LogP contribution in [-0.2, 0) is 9.53 Å². The Morgan fingerprint density at radius 2 is 2.18 bits per heavy atom. The first-order chi connectivity index (χ1) is 13.3. The van der Waals surface area contributed by atoms with Crippen molar-refractivity contribution in [1.29, 1.82) is 0 Å². The van der Waals surface area contributed by atoms with Crippen molar-refractivity contribution in [2.45, 2.75) is 52.5 Å². The van der Waals surface area contributed by atoms with Gasteiger partial charge in [-0.2, -0.15) is 0 Å². The molecule has 1 amide bonds. The first-order valence-corrected chi connectivity index (χ1v) is 9.81. The van der Waals surface area contributed by atoms with E-state index in [2.05, 4.69) is 12.2 Å². The van der Waals surface area contributed by atoms with Gasteiger partial charge in [-0.25, -0.2) is 4.79 Å². The second-order valence-electron chi connectivity index (χ2n) is 7.49. The number of esters is 1. The molecule has 154 valence electrons. The van der Waals surface area contributed by atoms with Crippen molar-refractivity contribution in [1.82, 2.24) is 5.32 Å². The zero-order chi connectivity index (χ0) is 20.7. The molecule has 2 rings (SSSR count).